The van der Waals surface area contributed by atoms with Crippen LogP contribution in [0.1, 0.15) is 70.2 Å². The van der Waals surface area contributed by atoms with Crippen molar-refractivity contribution in [2.45, 2.75) is 58.3 Å². The van der Waals surface area contributed by atoms with Gasteiger partial charge in [-0.05, 0) is 73.2 Å². The Kier molecular flexibility index (Phi) is 12.6. The topological polar surface area (TPSA) is 102 Å². The SMILES string of the molecule is CCCN(CCC)C(=O)c1cc(C)cc(C(=O)N[C@@H](Cc2cc(F)cc(F)c2)[C@H](O)CNCC(O)c2ccccc2)c1. The van der Waals surface area contributed by atoms with Crippen LogP contribution in [-0.4, -0.2) is 65.3 Å². The van der Waals surface area contributed by atoms with E-state index in [0.717, 1.165) is 36.6 Å². The Hall–Kier alpha value is -3.66. The van der Waals surface area contributed by atoms with E-state index in [2.05, 4.69) is 10.6 Å². The zero-order chi connectivity index (χ0) is 30.6. The fourth-order valence-corrected chi connectivity index (χ4v) is 4.90. The number of aliphatic hydroxyl groups excluding tert-OH is 2. The zero-order valence-corrected chi connectivity index (χ0v) is 24.4. The van der Waals surface area contributed by atoms with Gasteiger partial charge in [-0.15, -0.1) is 0 Å². The van der Waals surface area contributed by atoms with E-state index in [0.29, 0.717) is 24.2 Å². The molecule has 0 heterocycles. The van der Waals surface area contributed by atoms with Crippen molar-refractivity contribution in [1.82, 2.24) is 15.5 Å². The van der Waals surface area contributed by atoms with Gasteiger partial charge in [0, 0.05) is 43.4 Å². The largest absolute Gasteiger partial charge is 0.390 e. The third-order valence-electron chi connectivity index (χ3n) is 6.90. The second kappa shape index (κ2) is 16.1. The molecule has 7 nitrogen and oxygen atoms in total. The van der Waals surface area contributed by atoms with Crippen molar-refractivity contribution in [1.29, 1.82) is 0 Å². The summed E-state index contributed by atoms with van der Waals surface area (Å²) >= 11 is 0. The minimum Gasteiger partial charge on any atom is -0.390 e. The minimum atomic E-state index is -1.17. The molecule has 3 aromatic rings. The molecule has 9 heteroatoms. The fourth-order valence-electron chi connectivity index (χ4n) is 4.90. The molecule has 3 rings (SSSR count). The van der Waals surface area contributed by atoms with Crippen LogP contribution in [0.2, 0.25) is 0 Å². The van der Waals surface area contributed by atoms with Crippen molar-refractivity contribution in [2.75, 3.05) is 26.2 Å². The lowest BCUT2D eigenvalue weighted by Crippen LogP contribution is -2.49. The molecule has 4 N–H and O–H groups in total. The summed E-state index contributed by atoms with van der Waals surface area (Å²) in [5.41, 5.74) is 2.32. The Labute approximate surface area is 246 Å². The highest BCUT2D eigenvalue weighted by atomic mass is 19.1. The number of carbonyl (C=O) groups excluding carboxylic acids is 2. The predicted molar refractivity (Wildman–Crippen MR) is 159 cm³/mol. The number of nitrogens with one attached hydrogen (secondary N) is 2. The average molecular weight is 582 g/mol. The normalized spacial score (nSPS) is 13.3. The molecule has 0 radical (unpaired) electrons. The maximum atomic E-state index is 13.9. The first-order chi connectivity index (χ1) is 20.1. The molecule has 0 saturated carbocycles. The van der Waals surface area contributed by atoms with Crippen molar-refractivity contribution in [3.05, 3.63) is 106 Å². The highest BCUT2D eigenvalue weighted by molar-refractivity contribution is 6.00. The maximum Gasteiger partial charge on any atom is 0.253 e. The fraction of sp³-hybridized carbons (Fsp3) is 0.394. The van der Waals surface area contributed by atoms with E-state index < -0.39 is 35.8 Å². The van der Waals surface area contributed by atoms with Crippen molar-refractivity contribution in [3.63, 3.8) is 0 Å². The molecule has 0 saturated heterocycles. The second-order valence-electron chi connectivity index (χ2n) is 10.6. The van der Waals surface area contributed by atoms with Crippen LogP contribution >= 0.6 is 0 Å². The lowest BCUT2D eigenvalue weighted by Gasteiger charge is -2.26. The summed E-state index contributed by atoms with van der Waals surface area (Å²) in [6, 6.07) is 16.1. The first kappa shape index (κ1) is 32.8. The number of nitrogens with zero attached hydrogens (tertiary/aromatic N) is 1. The molecule has 3 aromatic carbocycles. The van der Waals surface area contributed by atoms with E-state index in [1.165, 1.54) is 6.07 Å². The quantitative estimate of drug-likeness (QED) is 0.211. The van der Waals surface area contributed by atoms with E-state index >= 15 is 0 Å². The van der Waals surface area contributed by atoms with Gasteiger partial charge in [0.05, 0.1) is 18.2 Å². The van der Waals surface area contributed by atoms with Crippen LogP contribution in [0.5, 0.6) is 0 Å². The Morgan fingerprint density at radius 1 is 0.857 bits per heavy atom. The third kappa shape index (κ3) is 9.72. The Bertz CT molecular complexity index is 1300. The van der Waals surface area contributed by atoms with Crippen molar-refractivity contribution < 1.29 is 28.6 Å². The first-order valence-corrected chi connectivity index (χ1v) is 14.4. The van der Waals surface area contributed by atoms with Crippen molar-refractivity contribution in [2.24, 2.45) is 0 Å². The van der Waals surface area contributed by atoms with E-state index in [4.69, 9.17) is 0 Å². The molecule has 0 aliphatic rings. The maximum absolute atomic E-state index is 13.9. The molecule has 3 atom stereocenters. The molecule has 0 bridgehead atoms. The van der Waals surface area contributed by atoms with Gasteiger partial charge in [-0.1, -0.05) is 44.2 Å². The molecular weight excluding hydrogens is 540 g/mol. The Balaban J connectivity index is 1.79. The van der Waals surface area contributed by atoms with Gasteiger partial charge in [0.1, 0.15) is 11.6 Å². The lowest BCUT2D eigenvalue weighted by molar-refractivity contribution is 0.0755. The van der Waals surface area contributed by atoms with E-state index in [1.807, 2.05) is 32.0 Å². The minimum absolute atomic E-state index is 0.00676. The predicted octanol–water partition coefficient (Wildman–Crippen LogP) is 4.56. The molecule has 0 aromatic heterocycles. The molecule has 0 fully saturated rings. The van der Waals surface area contributed by atoms with Gasteiger partial charge in [0.2, 0.25) is 0 Å². The summed E-state index contributed by atoms with van der Waals surface area (Å²) in [4.78, 5) is 28.4. The monoisotopic (exact) mass is 581 g/mol. The number of aryl methyl sites for hydroxylation is 1. The number of rotatable bonds is 15. The molecule has 2 amide bonds. The van der Waals surface area contributed by atoms with Gasteiger partial charge in [0.25, 0.3) is 11.8 Å². The first-order valence-electron chi connectivity index (χ1n) is 14.4. The molecule has 226 valence electrons. The van der Waals surface area contributed by atoms with Gasteiger partial charge < -0.3 is 25.7 Å². The third-order valence-corrected chi connectivity index (χ3v) is 6.90. The van der Waals surface area contributed by atoms with Crippen LogP contribution in [0.15, 0.2) is 66.7 Å². The van der Waals surface area contributed by atoms with Crippen LogP contribution < -0.4 is 10.6 Å². The number of aliphatic hydroxyl groups is 2. The van der Waals surface area contributed by atoms with E-state index in [9.17, 15) is 28.6 Å². The van der Waals surface area contributed by atoms with Crippen LogP contribution in [0, 0.1) is 18.6 Å². The number of hydrogen-bond acceptors (Lipinski definition) is 5. The molecule has 0 aliphatic carbocycles. The summed E-state index contributed by atoms with van der Waals surface area (Å²) in [6.07, 6.45) is -0.419. The van der Waals surface area contributed by atoms with Crippen LogP contribution in [0.4, 0.5) is 8.78 Å². The Morgan fingerprint density at radius 3 is 2.10 bits per heavy atom. The number of halogens is 2. The van der Waals surface area contributed by atoms with E-state index in [-0.39, 0.29) is 36.5 Å². The summed E-state index contributed by atoms with van der Waals surface area (Å²) < 4.78 is 27.9. The van der Waals surface area contributed by atoms with Crippen molar-refractivity contribution in [3.8, 4) is 0 Å². The number of carbonyl (C=O) groups is 2. The summed E-state index contributed by atoms with van der Waals surface area (Å²) in [7, 11) is 0. The number of benzene rings is 3. The van der Waals surface area contributed by atoms with Gasteiger partial charge in [-0.3, -0.25) is 9.59 Å². The lowest BCUT2D eigenvalue weighted by atomic mass is 9.99. The molecule has 42 heavy (non-hydrogen) atoms. The molecular formula is C33H41F2N3O4. The molecule has 1 unspecified atom stereocenters. The van der Waals surface area contributed by atoms with E-state index in [1.54, 1.807) is 36.1 Å². The van der Waals surface area contributed by atoms with Gasteiger partial charge in [-0.25, -0.2) is 8.78 Å². The highest BCUT2D eigenvalue weighted by Crippen LogP contribution is 2.16. The number of amides is 2. The molecule has 0 spiro atoms. The van der Waals surface area contributed by atoms with Gasteiger partial charge >= 0.3 is 0 Å². The van der Waals surface area contributed by atoms with Crippen LogP contribution in [0.25, 0.3) is 0 Å². The highest BCUT2D eigenvalue weighted by Gasteiger charge is 2.25. The summed E-state index contributed by atoms with van der Waals surface area (Å²) in [6.45, 7) is 7.13. The summed E-state index contributed by atoms with van der Waals surface area (Å²) in [5.74, 6) is -2.22. The smallest absolute Gasteiger partial charge is 0.253 e. The second-order valence-corrected chi connectivity index (χ2v) is 10.6. The molecule has 0 aliphatic heterocycles. The zero-order valence-electron chi connectivity index (χ0n) is 24.4. The van der Waals surface area contributed by atoms with Crippen LogP contribution in [-0.2, 0) is 6.42 Å². The van der Waals surface area contributed by atoms with Gasteiger partial charge in [-0.2, -0.15) is 0 Å². The number of hydrogen-bond donors (Lipinski definition) is 4. The standard InChI is InChI=1S/C33H41F2N3O4/c1-4-11-38(12-5-2)33(42)26-14-22(3)13-25(18-26)32(41)37-29(17-23-15-27(34)19-28(35)16-23)31(40)21-36-20-30(39)24-9-7-6-8-10-24/h6-10,13-16,18-19,29-31,36,39-40H,4-5,11-12,17,20-21H2,1-3H3,(H,37,41)/t29-,30?,31+/m0/s1. The van der Waals surface area contributed by atoms with Gasteiger partial charge in [0.15, 0.2) is 0 Å². The summed E-state index contributed by atoms with van der Waals surface area (Å²) in [5, 5.41) is 27.3. The Morgan fingerprint density at radius 2 is 1.48 bits per heavy atom. The van der Waals surface area contributed by atoms with Crippen molar-refractivity contribution >= 4 is 11.8 Å². The average Bonchev–Trinajstić information content (AvgIpc) is 2.95. The van der Waals surface area contributed by atoms with Crippen LogP contribution in [0.3, 0.4) is 0 Å².